The van der Waals surface area contributed by atoms with E-state index in [0.29, 0.717) is 6.42 Å². The zero-order valence-electron chi connectivity index (χ0n) is 13.0. The molecular formula is C18H18N2O3S. The first kappa shape index (κ1) is 16.3. The number of hydrogen-bond donors (Lipinski definition) is 3. The van der Waals surface area contributed by atoms with Gasteiger partial charge in [-0.3, -0.25) is 4.79 Å². The number of rotatable bonds is 7. The van der Waals surface area contributed by atoms with E-state index >= 15 is 0 Å². The molecule has 6 heteroatoms. The van der Waals surface area contributed by atoms with Crippen molar-refractivity contribution in [3.63, 3.8) is 0 Å². The van der Waals surface area contributed by atoms with Gasteiger partial charge in [0, 0.05) is 29.9 Å². The van der Waals surface area contributed by atoms with Gasteiger partial charge in [0.2, 0.25) is 5.91 Å². The summed E-state index contributed by atoms with van der Waals surface area (Å²) in [5.41, 5.74) is 2.94. The van der Waals surface area contributed by atoms with Gasteiger partial charge in [-0.25, -0.2) is 4.79 Å². The monoisotopic (exact) mass is 342 g/mol. The highest BCUT2D eigenvalue weighted by Crippen LogP contribution is 2.19. The molecule has 3 N–H and O–H groups in total. The molecule has 0 aliphatic rings. The summed E-state index contributed by atoms with van der Waals surface area (Å²) in [5, 5.41) is 17.0. The number of aromatic nitrogens is 1. The molecule has 0 radical (unpaired) electrons. The molecule has 3 rings (SSSR count). The average Bonchev–Trinajstić information content (AvgIpc) is 3.22. The predicted octanol–water partition coefficient (Wildman–Crippen LogP) is 2.97. The summed E-state index contributed by atoms with van der Waals surface area (Å²) in [6, 6.07) is 8.75. The molecule has 0 aliphatic heterocycles. The van der Waals surface area contributed by atoms with E-state index in [4.69, 9.17) is 0 Å². The Morgan fingerprint density at radius 2 is 2.08 bits per heavy atom. The van der Waals surface area contributed by atoms with Crippen molar-refractivity contribution < 1.29 is 14.7 Å². The Kier molecular flexibility index (Phi) is 4.96. The molecule has 0 spiro atoms. The first-order valence-electron chi connectivity index (χ1n) is 7.71. The van der Waals surface area contributed by atoms with Crippen molar-refractivity contribution in [3.8, 4) is 0 Å². The van der Waals surface area contributed by atoms with Crippen molar-refractivity contribution in [2.45, 2.75) is 25.3 Å². The molecule has 0 aliphatic carbocycles. The van der Waals surface area contributed by atoms with Crippen molar-refractivity contribution in [2.75, 3.05) is 0 Å². The standard InChI is InChI=1S/C18H18N2O3S/c21-17(6-5-12-7-8-24-11-12)20-16(18(22)23)9-13-10-19-15-4-2-1-3-14(13)15/h1-4,7-8,10-11,16,19H,5-6,9H2,(H,20,21)(H,22,23)/t16-/m0/s1. The minimum Gasteiger partial charge on any atom is -0.480 e. The topological polar surface area (TPSA) is 82.2 Å². The number of nitrogens with one attached hydrogen (secondary N) is 2. The first-order valence-corrected chi connectivity index (χ1v) is 8.66. The second-order valence-corrected chi connectivity index (χ2v) is 6.43. The SMILES string of the molecule is O=C(CCc1ccsc1)N[C@@H](Cc1c[nH]c2ccccc12)C(=O)O. The number of benzene rings is 1. The Morgan fingerprint density at radius 1 is 1.25 bits per heavy atom. The maximum Gasteiger partial charge on any atom is 0.326 e. The second kappa shape index (κ2) is 7.31. The molecular weight excluding hydrogens is 324 g/mol. The Bertz CT molecular complexity index is 839. The van der Waals surface area contributed by atoms with Gasteiger partial charge in [-0.05, 0) is 40.4 Å². The molecule has 0 unspecified atom stereocenters. The summed E-state index contributed by atoms with van der Waals surface area (Å²) in [6.45, 7) is 0. The molecule has 1 amide bonds. The smallest absolute Gasteiger partial charge is 0.326 e. The highest BCUT2D eigenvalue weighted by atomic mass is 32.1. The third kappa shape index (κ3) is 3.83. The molecule has 0 fully saturated rings. The number of hydrogen-bond acceptors (Lipinski definition) is 3. The predicted molar refractivity (Wildman–Crippen MR) is 94.2 cm³/mol. The quantitative estimate of drug-likeness (QED) is 0.617. The van der Waals surface area contributed by atoms with Gasteiger partial charge in [0.25, 0.3) is 0 Å². The van der Waals surface area contributed by atoms with E-state index in [0.717, 1.165) is 22.0 Å². The fraction of sp³-hybridized carbons (Fsp3) is 0.222. The summed E-state index contributed by atoms with van der Waals surface area (Å²) < 4.78 is 0. The lowest BCUT2D eigenvalue weighted by molar-refractivity contribution is -0.141. The zero-order chi connectivity index (χ0) is 16.9. The van der Waals surface area contributed by atoms with Gasteiger partial charge in [0.15, 0.2) is 0 Å². The molecule has 124 valence electrons. The number of carboxylic acids is 1. The normalized spacial score (nSPS) is 12.2. The molecule has 0 saturated heterocycles. The van der Waals surface area contributed by atoms with E-state index < -0.39 is 12.0 Å². The van der Waals surface area contributed by atoms with Crippen LogP contribution in [0.3, 0.4) is 0 Å². The number of thiophene rings is 1. The average molecular weight is 342 g/mol. The lowest BCUT2D eigenvalue weighted by Gasteiger charge is -2.14. The van der Waals surface area contributed by atoms with Gasteiger partial charge < -0.3 is 15.4 Å². The van der Waals surface area contributed by atoms with E-state index in [2.05, 4.69) is 10.3 Å². The number of carbonyl (C=O) groups is 2. The first-order chi connectivity index (χ1) is 11.6. The van der Waals surface area contributed by atoms with Crippen molar-refractivity contribution in [1.82, 2.24) is 10.3 Å². The summed E-state index contributed by atoms with van der Waals surface area (Å²) in [4.78, 5) is 26.7. The number of amides is 1. The Morgan fingerprint density at radius 3 is 2.83 bits per heavy atom. The van der Waals surface area contributed by atoms with Crippen LogP contribution < -0.4 is 5.32 Å². The van der Waals surface area contributed by atoms with Gasteiger partial charge >= 0.3 is 5.97 Å². The van der Waals surface area contributed by atoms with Crippen LogP contribution >= 0.6 is 11.3 Å². The van der Waals surface area contributed by atoms with Crippen LogP contribution in [0.1, 0.15) is 17.5 Å². The number of aryl methyl sites for hydroxylation is 1. The maximum absolute atomic E-state index is 12.1. The Hall–Kier alpha value is -2.60. The molecule has 2 aromatic heterocycles. The molecule has 0 saturated carbocycles. The van der Waals surface area contributed by atoms with Crippen LogP contribution in [0.2, 0.25) is 0 Å². The zero-order valence-corrected chi connectivity index (χ0v) is 13.8. The Labute approximate surface area is 143 Å². The van der Waals surface area contributed by atoms with Crippen LogP contribution in [0, 0.1) is 0 Å². The minimum absolute atomic E-state index is 0.242. The van der Waals surface area contributed by atoms with Crippen LogP contribution in [0.25, 0.3) is 10.9 Å². The lowest BCUT2D eigenvalue weighted by Crippen LogP contribution is -2.42. The van der Waals surface area contributed by atoms with Gasteiger partial charge in [-0.1, -0.05) is 18.2 Å². The van der Waals surface area contributed by atoms with E-state index in [9.17, 15) is 14.7 Å². The van der Waals surface area contributed by atoms with Crippen LogP contribution in [-0.2, 0) is 22.4 Å². The molecule has 0 bridgehead atoms. The van der Waals surface area contributed by atoms with Crippen LogP contribution in [-0.4, -0.2) is 28.0 Å². The number of aliphatic carboxylic acids is 1. The van der Waals surface area contributed by atoms with Crippen LogP contribution in [0.5, 0.6) is 0 Å². The number of carbonyl (C=O) groups excluding carboxylic acids is 1. The van der Waals surface area contributed by atoms with Gasteiger partial charge in [-0.15, -0.1) is 0 Å². The second-order valence-electron chi connectivity index (χ2n) is 5.65. The largest absolute Gasteiger partial charge is 0.480 e. The molecule has 5 nitrogen and oxygen atoms in total. The van der Waals surface area contributed by atoms with E-state index in [1.165, 1.54) is 0 Å². The van der Waals surface area contributed by atoms with Crippen molar-refractivity contribution in [3.05, 3.63) is 58.4 Å². The summed E-state index contributed by atoms with van der Waals surface area (Å²) in [7, 11) is 0. The van der Waals surface area contributed by atoms with E-state index in [-0.39, 0.29) is 18.7 Å². The third-order valence-corrected chi connectivity index (χ3v) is 4.69. The van der Waals surface area contributed by atoms with E-state index in [1.54, 1.807) is 17.5 Å². The van der Waals surface area contributed by atoms with Crippen molar-refractivity contribution in [1.29, 1.82) is 0 Å². The summed E-state index contributed by atoms with van der Waals surface area (Å²) in [6.07, 6.45) is 2.96. The number of aromatic amines is 1. The van der Waals surface area contributed by atoms with Crippen LogP contribution in [0.4, 0.5) is 0 Å². The maximum atomic E-state index is 12.1. The highest BCUT2D eigenvalue weighted by Gasteiger charge is 2.21. The fourth-order valence-electron chi connectivity index (χ4n) is 2.68. The number of para-hydroxylation sites is 1. The van der Waals surface area contributed by atoms with E-state index in [1.807, 2.05) is 41.1 Å². The fourth-order valence-corrected chi connectivity index (χ4v) is 3.38. The highest BCUT2D eigenvalue weighted by molar-refractivity contribution is 7.07. The minimum atomic E-state index is -1.02. The summed E-state index contributed by atoms with van der Waals surface area (Å²) in [5.74, 6) is -1.27. The molecule has 24 heavy (non-hydrogen) atoms. The van der Waals surface area contributed by atoms with Gasteiger partial charge in [0.05, 0.1) is 0 Å². The molecule has 1 aromatic carbocycles. The van der Waals surface area contributed by atoms with Crippen molar-refractivity contribution >= 4 is 34.1 Å². The van der Waals surface area contributed by atoms with Crippen molar-refractivity contribution in [2.24, 2.45) is 0 Å². The molecule has 2 heterocycles. The number of fused-ring (bicyclic) bond motifs is 1. The van der Waals surface area contributed by atoms with Gasteiger partial charge in [0.1, 0.15) is 6.04 Å². The third-order valence-electron chi connectivity index (χ3n) is 3.95. The van der Waals surface area contributed by atoms with Gasteiger partial charge in [-0.2, -0.15) is 11.3 Å². The number of carboxylic acid groups (broad SMARTS) is 1. The molecule has 3 aromatic rings. The lowest BCUT2D eigenvalue weighted by atomic mass is 10.0. The number of H-pyrrole nitrogens is 1. The van der Waals surface area contributed by atoms with Crippen LogP contribution in [0.15, 0.2) is 47.3 Å². The molecule has 1 atom stereocenters. The Balaban J connectivity index is 1.64. The summed E-state index contributed by atoms with van der Waals surface area (Å²) >= 11 is 1.58.